The van der Waals surface area contributed by atoms with Crippen molar-refractivity contribution in [3.63, 3.8) is 0 Å². The Kier molecular flexibility index (Phi) is 5.66. The Balaban J connectivity index is 3.78. The molecule has 1 rings (SSSR count). The zero-order valence-corrected chi connectivity index (χ0v) is 13.2. The van der Waals surface area contributed by atoms with Crippen LogP contribution >= 0.6 is 0 Å². The van der Waals surface area contributed by atoms with Gasteiger partial charge in [-0.25, -0.2) is 0 Å². The molecule has 26 heavy (non-hydrogen) atoms. The van der Waals surface area contributed by atoms with Gasteiger partial charge in [0.25, 0.3) is 0 Å². The number of hydrogen-bond donors (Lipinski definition) is 8. The fourth-order valence-electron chi connectivity index (χ4n) is 3.25. The Morgan fingerprint density at radius 2 is 1.04 bits per heavy atom. The van der Waals surface area contributed by atoms with Crippen LogP contribution in [0.2, 0.25) is 0 Å². The highest BCUT2D eigenvalue weighted by atomic mass is 16.7. The average molecular weight is 382 g/mol. The second-order valence-corrected chi connectivity index (χ2v) is 6.04. The van der Waals surface area contributed by atoms with Gasteiger partial charge in [0.15, 0.2) is 5.60 Å². The van der Waals surface area contributed by atoms with Crippen LogP contribution in [0.4, 0.5) is 0 Å². The van der Waals surface area contributed by atoms with Crippen molar-refractivity contribution in [2.75, 3.05) is 6.61 Å². The molecule has 1 fully saturated rings. The number of carbonyl (C=O) groups is 4. The smallest absolute Gasteiger partial charge is 0.308 e. The minimum absolute atomic E-state index is 1.38. The first kappa shape index (κ1) is 21.7. The summed E-state index contributed by atoms with van der Waals surface area (Å²) in [4.78, 5) is 44.4. The van der Waals surface area contributed by atoms with Crippen LogP contribution in [0, 0.1) is 0 Å². The zero-order valence-electron chi connectivity index (χ0n) is 13.2. The highest BCUT2D eigenvalue weighted by Gasteiger charge is 2.80. The predicted molar refractivity (Wildman–Crippen MR) is 74.8 cm³/mol. The van der Waals surface area contributed by atoms with E-state index in [1.54, 1.807) is 0 Å². The Morgan fingerprint density at radius 1 is 0.654 bits per heavy atom. The number of carboxylic acid groups (broad SMARTS) is 4. The Labute approximate surface area is 144 Å². The number of aliphatic carboxylic acids is 4. The third kappa shape index (κ3) is 3.22. The van der Waals surface area contributed by atoms with E-state index in [0.717, 1.165) is 0 Å². The Hall–Kier alpha value is -2.32. The molecule has 0 saturated carbocycles. The van der Waals surface area contributed by atoms with E-state index in [1.807, 2.05) is 0 Å². The average Bonchev–Trinajstić information content (AvgIpc) is 2.53. The summed E-state index contributed by atoms with van der Waals surface area (Å²) in [6.45, 7) is -1.48. The molecular formula is C13H18O13. The molecule has 0 bridgehead atoms. The summed E-state index contributed by atoms with van der Waals surface area (Å²) in [6, 6.07) is 0. The van der Waals surface area contributed by atoms with Crippen molar-refractivity contribution in [2.45, 2.75) is 48.3 Å². The van der Waals surface area contributed by atoms with Gasteiger partial charge in [-0.3, -0.25) is 19.2 Å². The normalized spacial score (nSPS) is 36.6. The van der Waals surface area contributed by atoms with E-state index in [-0.39, 0.29) is 0 Å². The van der Waals surface area contributed by atoms with Crippen molar-refractivity contribution in [3.8, 4) is 0 Å². The molecule has 148 valence electrons. The maximum Gasteiger partial charge on any atom is 0.308 e. The van der Waals surface area contributed by atoms with Gasteiger partial charge in [0, 0.05) is 0 Å². The molecule has 1 aliphatic heterocycles. The first-order chi connectivity index (χ1) is 11.7. The molecule has 0 aliphatic carbocycles. The van der Waals surface area contributed by atoms with Gasteiger partial charge >= 0.3 is 23.9 Å². The lowest BCUT2D eigenvalue weighted by atomic mass is 9.66. The molecule has 0 unspecified atom stereocenters. The van der Waals surface area contributed by atoms with Crippen LogP contribution in [0.3, 0.4) is 0 Å². The summed E-state index contributed by atoms with van der Waals surface area (Å²) in [5, 5.41) is 77.6. The molecule has 0 aromatic carbocycles. The standard InChI is InChI=1S/C13H18O13/c14-5-10(1-6(15)16)11(23,2-7(17)18)12(24,3-8(19)20)13(25,26-10)4-9(21)22/h14,23-25H,1-5H2,(H,15,16)(H,17,18)(H,19,20)(H,21,22)/t10-,11-,12-,13-/m1/s1. The van der Waals surface area contributed by atoms with E-state index in [2.05, 4.69) is 0 Å². The third-order valence-electron chi connectivity index (χ3n) is 4.35. The van der Waals surface area contributed by atoms with Gasteiger partial charge in [-0.1, -0.05) is 0 Å². The van der Waals surface area contributed by atoms with Crippen molar-refractivity contribution < 1.29 is 64.8 Å². The van der Waals surface area contributed by atoms with Crippen molar-refractivity contribution in [1.82, 2.24) is 0 Å². The number of aliphatic hydroxyl groups excluding tert-OH is 1. The van der Waals surface area contributed by atoms with Crippen LogP contribution in [0.25, 0.3) is 0 Å². The van der Waals surface area contributed by atoms with Crippen LogP contribution in [0.5, 0.6) is 0 Å². The summed E-state index contributed by atoms with van der Waals surface area (Å²) in [5.41, 5.74) is -9.77. The topological polar surface area (TPSA) is 239 Å². The molecule has 0 aromatic rings. The van der Waals surface area contributed by atoms with E-state index in [4.69, 9.17) is 25.2 Å². The second-order valence-electron chi connectivity index (χ2n) is 6.04. The number of rotatable bonds is 9. The van der Waals surface area contributed by atoms with Gasteiger partial charge < -0.3 is 45.6 Å². The second kappa shape index (κ2) is 6.77. The summed E-state index contributed by atoms with van der Waals surface area (Å²) in [6.07, 6.45) is -6.09. The van der Waals surface area contributed by atoms with Crippen LogP contribution < -0.4 is 0 Å². The molecule has 1 heterocycles. The van der Waals surface area contributed by atoms with Gasteiger partial charge in [-0.05, 0) is 0 Å². The lowest BCUT2D eigenvalue weighted by molar-refractivity contribution is -0.286. The van der Waals surface area contributed by atoms with Crippen LogP contribution in [0.1, 0.15) is 25.7 Å². The van der Waals surface area contributed by atoms with Gasteiger partial charge in [0.1, 0.15) is 17.6 Å². The van der Waals surface area contributed by atoms with Gasteiger partial charge in [-0.2, -0.15) is 0 Å². The lowest BCUT2D eigenvalue weighted by Crippen LogP contribution is -2.69. The maximum absolute atomic E-state index is 11.2. The van der Waals surface area contributed by atoms with E-state index < -0.39 is 78.8 Å². The van der Waals surface area contributed by atoms with Gasteiger partial charge in [0.05, 0.1) is 25.9 Å². The third-order valence-corrected chi connectivity index (χ3v) is 4.35. The Bertz CT molecular complexity index is 632. The highest BCUT2D eigenvalue weighted by molar-refractivity contribution is 5.75. The molecule has 13 nitrogen and oxygen atoms in total. The summed E-state index contributed by atoms with van der Waals surface area (Å²) in [5.74, 6) is -10.8. The predicted octanol–water partition coefficient (Wildman–Crippen LogP) is -3.20. The van der Waals surface area contributed by atoms with Crippen LogP contribution in [0.15, 0.2) is 0 Å². The molecular weight excluding hydrogens is 364 g/mol. The van der Waals surface area contributed by atoms with Crippen molar-refractivity contribution >= 4 is 23.9 Å². The van der Waals surface area contributed by atoms with E-state index in [0.29, 0.717) is 0 Å². The van der Waals surface area contributed by atoms with Crippen LogP contribution in [-0.4, -0.2) is 93.9 Å². The summed E-state index contributed by atoms with van der Waals surface area (Å²) in [7, 11) is 0. The summed E-state index contributed by atoms with van der Waals surface area (Å²) < 4.78 is 4.86. The molecule has 1 saturated heterocycles. The highest BCUT2D eigenvalue weighted by Crippen LogP contribution is 2.57. The van der Waals surface area contributed by atoms with Crippen molar-refractivity contribution in [1.29, 1.82) is 0 Å². The first-order valence-electron chi connectivity index (χ1n) is 7.04. The molecule has 4 atom stereocenters. The van der Waals surface area contributed by atoms with Crippen molar-refractivity contribution in [3.05, 3.63) is 0 Å². The zero-order chi connectivity index (χ0) is 20.6. The molecule has 0 aromatic heterocycles. The molecule has 0 amide bonds. The monoisotopic (exact) mass is 382 g/mol. The number of hydrogen-bond acceptors (Lipinski definition) is 9. The molecule has 0 radical (unpaired) electrons. The van der Waals surface area contributed by atoms with Gasteiger partial charge in [-0.15, -0.1) is 0 Å². The van der Waals surface area contributed by atoms with E-state index >= 15 is 0 Å². The minimum Gasteiger partial charge on any atom is -0.481 e. The van der Waals surface area contributed by atoms with E-state index in [9.17, 15) is 39.6 Å². The number of aliphatic hydroxyl groups is 4. The largest absolute Gasteiger partial charge is 0.481 e. The quantitative estimate of drug-likeness (QED) is 0.196. The lowest BCUT2D eigenvalue weighted by Gasteiger charge is -2.44. The molecule has 8 N–H and O–H groups in total. The molecule has 1 aliphatic rings. The fourth-order valence-corrected chi connectivity index (χ4v) is 3.25. The first-order valence-corrected chi connectivity index (χ1v) is 7.04. The van der Waals surface area contributed by atoms with E-state index in [1.165, 1.54) is 0 Å². The summed E-state index contributed by atoms with van der Waals surface area (Å²) >= 11 is 0. The van der Waals surface area contributed by atoms with Gasteiger partial charge in [0.2, 0.25) is 5.79 Å². The van der Waals surface area contributed by atoms with Crippen LogP contribution in [-0.2, 0) is 23.9 Å². The number of ether oxygens (including phenoxy) is 1. The minimum atomic E-state index is -3.49. The molecule has 0 spiro atoms. The van der Waals surface area contributed by atoms with Crippen molar-refractivity contribution in [2.24, 2.45) is 0 Å². The maximum atomic E-state index is 11.2. The SMILES string of the molecule is O=C(O)C[C@]1(CO)O[C@](O)(CC(=O)O)[C@@](O)(CC(=O)O)[C@@]1(O)CC(=O)O. The Morgan fingerprint density at radius 3 is 1.38 bits per heavy atom. The molecule has 13 heteroatoms. The fraction of sp³-hybridized carbons (Fsp3) is 0.692. The number of carboxylic acids is 4.